The molecule has 1 saturated heterocycles. The molecule has 4 rings (SSSR count). The van der Waals surface area contributed by atoms with Gasteiger partial charge in [-0.2, -0.15) is 0 Å². The van der Waals surface area contributed by atoms with E-state index in [0.717, 1.165) is 17.7 Å². The first-order chi connectivity index (χ1) is 15.4. The number of unbranched alkanes of at least 4 members (excludes halogenated alkanes) is 1. The average molecular weight is 434 g/mol. The van der Waals surface area contributed by atoms with E-state index in [1.807, 2.05) is 26.0 Å². The topological polar surface area (TPSA) is 65.4 Å². The number of carbonyl (C=O) groups is 1. The molecule has 0 spiro atoms. The lowest BCUT2D eigenvalue weighted by molar-refractivity contribution is -0.137. The van der Waals surface area contributed by atoms with Crippen LogP contribution in [0.4, 0.5) is 0 Å². The minimum absolute atomic E-state index is 0.155. The van der Waals surface area contributed by atoms with Crippen LogP contribution in [0.5, 0.6) is 0 Å². The molecule has 168 valence electrons. The molecule has 6 nitrogen and oxygen atoms in total. The Morgan fingerprint density at radius 1 is 1.12 bits per heavy atom. The standard InChI is InChI=1S/C26H31N3O3/c1-4-5-6-19-7-9-20(10-8-19)21-11-13-22(14-12-21)29-18-27-16-24(29)25(30)28-15-23-17-31-26(2,3)32-23/h7-14,16,18,23H,4-6,15,17H2,1-3H3,(H,28,30)/t23-/m0/s1. The van der Waals surface area contributed by atoms with Gasteiger partial charge in [-0.3, -0.25) is 9.36 Å². The van der Waals surface area contributed by atoms with Crippen molar-refractivity contribution in [1.29, 1.82) is 0 Å². The SMILES string of the molecule is CCCCc1ccc(-c2ccc(-n3cncc3C(=O)NC[C@H]3COC(C)(C)O3)cc2)cc1. The van der Waals surface area contributed by atoms with Crippen LogP contribution in [0.1, 0.15) is 49.7 Å². The van der Waals surface area contributed by atoms with E-state index in [0.29, 0.717) is 18.8 Å². The number of aromatic nitrogens is 2. The highest BCUT2D eigenvalue weighted by atomic mass is 16.7. The van der Waals surface area contributed by atoms with Crippen molar-refractivity contribution in [3.8, 4) is 16.8 Å². The molecule has 0 radical (unpaired) electrons. The number of amides is 1. The first-order valence-electron chi connectivity index (χ1n) is 11.3. The number of nitrogens with zero attached hydrogens (tertiary/aromatic N) is 2. The van der Waals surface area contributed by atoms with Crippen molar-refractivity contribution < 1.29 is 14.3 Å². The molecule has 1 atom stereocenters. The summed E-state index contributed by atoms with van der Waals surface area (Å²) < 4.78 is 13.1. The summed E-state index contributed by atoms with van der Waals surface area (Å²) >= 11 is 0. The highest BCUT2D eigenvalue weighted by Crippen LogP contribution is 2.23. The molecule has 1 aromatic heterocycles. The van der Waals surface area contributed by atoms with Gasteiger partial charge < -0.3 is 14.8 Å². The number of carbonyl (C=O) groups excluding carboxylic acids is 1. The normalized spacial score (nSPS) is 17.4. The minimum atomic E-state index is -0.602. The number of imidazole rings is 1. The van der Waals surface area contributed by atoms with Crippen LogP contribution in [0.2, 0.25) is 0 Å². The fourth-order valence-corrected chi connectivity index (χ4v) is 3.89. The maximum absolute atomic E-state index is 12.7. The van der Waals surface area contributed by atoms with Crippen molar-refractivity contribution in [1.82, 2.24) is 14.9 Å². The summed E-state index contributed by atoms with van der Waals surface area (Å²) in [5.74, 6) is -0.795. The van der Waals surface area contributed by atoms with Crippen LogP contribution in [-0.4, -0.2) is 40.5 Å². The summed E-state index contributed by atoms with van der Waals surface area (Å²) in [5, 5.41) is 2.93. The quantitative estimate of drug-likeness (QED) is 0.556. The van der Waals surface area contributed by atoms with E-state index in [4.69, 9.17) is 9.47 Å². The Balaban J connectivity index is 1.41. The Labute approximate surface area is 189 Å². The van der Waals surface area contributed by atoms with Gasteiger partial charge in [-0.1, -0.05) is 49.7 Å². The van der Waals surface area contributed by atoms with Crippen LogP contribution in [-0.2, 0) is 15.9 Å². The third kappa shape index (κ3) is 5.26. The van der Waals surface area contributed by atoms with Crippen molar-refractivity contribution in [2.24, 2.45) is 0 Å². The van der Waals surface area contributed by atoms with Gasteiger partial charge >= 0.3 is 0 Å². The summed E-state index contributed by atoms with van der Waals surface area (Å²) in [6, 6.07) is 16.9. The third-order valence-electron chi connectivity index (χ3n) is 5.68. The van der Waals surface area contributed by atoms with Crippen LogP contribution >= 0.6 is 0 Å². The zero-order valence-electron chi connectivity index (χ0n) is 19.0. The van der Waals surface area contributed by atoms with E-state index < -0.39 is 5.79 Å². The maximum Gasteiger partial charge on any atom is 0.270 e. The van der Waals surface area contributed by atoms with Crippen LogP contribution in [0.3, 0.4) is 0 Å². The van der Waals surface area contributed by atoms with Gasteiger partial charge in [-0.25, -0.2) is 4.98 Å². The number of rotatable bonds is 8. The molecule has 1 amide bonds. The fraction of sp³-hybridized carbons (Fsp3) is 0.385. The molecule has 1 fully saturated rings. The Hall–Kier alpha value is -2.96. The average Bonchev–Trinajstić information content (AvgIpc) is 3.43. The monoisotopic (exact) mass is 433 g/mol. The van der Waals surface area contributed by atoms with Crippen molar-refractivity contribution in [3.05, 3.63) is 72.3 Å². The van der Waals surface area contributed by atoms with Crippen LogP contribution in [0.25, 0.3) is 16.8 Å². The first-order valence-corrected chi connectivity index (χ1v) is 11.3. The fourth-order valence-electron chi connectivity index (χ4n) is 3.89. The van der Waals surface area contributed by atoms with E-state index in [2.05, 4.69) is 53.6 Å². The summed E-state index contributed by atoms with van der Waals surface area (Å²) in [7, 11) is 0. The van der Waals surface area contributed by atoms with E-state index in [1.165, 1.54) is 24.0 Å². The van der Waals surface area contributed by atoms with Gasteiger partial charge in [-0.05, 0) is 55.5 Å². The zero-order chi connectivity index (χ0) is 22.6. The summed E-state index contributed by atoms with van der Waals surface area (Å²) in [4.78, 5) is 16.9. The van der Waals surface area contributed by atoms with Gasteiger partial charge in [0, 0.05) is 12.2 Å². The summed E-state index contributed by atoms with van der Waals surface area (Å²) in [6.45, 7) is 6.81. The van der Waals surface area contributed by atoms with Gasteiger partial charge in [0.2, 0.25) is 0 Å². The zero-order valence-corrected chi connectivity index (χ0v) is 19.0. The molecule has 0 saturated carbocycles. The molecule has 0 unspecified atom stereocenters. The van der Waals surface area contributed by atoms with Crippen molar-refractivity contribution >= 4 is 5.91 Å². The highest BCUT2D eigenvalue weighted by molar-refractivity contribution is 5.93. The molecule has 0 aliphatic carbocycles. The lowest BCUT2D eigenvalue weighted by Crippen LogP contribution is -2.35. The number of hydrogen-bond acceptors (Lipinski definition) is 4. The molecule has 0 bridgehead atoms. The van der Waals surface area contributed by atoms with Gasteiger partial charge in [-0.15, -0.1) is 0 Å². The molecule has 6 heteroatoms. The molecule has 1 aliphatic rings. The van der Waals surface area contributed by atoms with E-state index in [1.54, 1.807) is 17.1 Å². The first kappa shape index (κ1) is 22.2. The van der Waals surface area contributed by atoms with Gasteiger partial charge in [0.1, 0.15) is 11.8 Å². The minimum Gasteiger partial charge on any atom is -0.348 e. The van der Waals surface area contributed by atoms with Gasteiger partial charge in [0.15, 0.2) is 5.79 Å². The molecule has 1 N–H and O–H groups in total. The largest absolute Gasteiger partial charge is 0.348 e. The number of benzene rings is 2. The number of hydrogen-bond donors (Lipinski definition) is 1. The third-order valence-corrected chi connectivity index (χ3v) is 5.68. The highest BCUT2D eigenvalue weighted by Gasteiger charge is 2.32. The van der Waals surface area contributed by atoms with Crippen molar-refractivity contribution in [2.45, 2.75) is 51.9 Å². The summed E-state index contributed by atoms with van der Waals surface area (Å²) in [5.41, 5.74) is 5.07. The van der Waals surface area contributed by atoms with Crippen LogP contribution < -0.4 is 5.32 Å². The molecule has 2 aromatic carbocycles. The molecular weight excluding hydrogens is 402 g/mol. The molecular formula is C26H31N3O3. The van der Waals surface area contributed by atoms with E-state index in [-0.39, 0.29) is 12.0 Å². The molecule has 2 heterocycles. The molecule has 1 aliphatic heterocycles. The Morgan fingerprint density at radius 3 is 2.44 bits per heavy atom. The second-order valence-corrected chi connectivity index (χ2v) is 8.66. The summed E-state index contributed by atoms with van der Waals surface area (Å²) in [6.07, 6.45) is 6.63. The van der Waals surface area contributed by atoms with E-state index in [9.17, 15) is 4.79 Å². The second-order valence-electron chi connectivity index (χ2n) is 8.66. The maximum atomic E-state index is 12.7. The van der Waals surface area contributed by atoms with E-state index >= 15 is 0 Å². The molecule has 32 heavy (non-hydrogen) atoms. The van der Waals surface area contributed by atoms with Crippen molar-refractivity contribution in [3.63, 3.8) is 0 Å². The Morgan fingerprint density at radius 2 is 1.81 bits per heavy atom. The number of aryl methyl sites for hydroxylation is 1. The molecule has 3 aromatic rings. The van der Waals surface area contributed by atoms with Crippen LogP contribution in [0, 0.1) is 0 Å². The lowest BCUT2D eigenvalue weighted by Gasteiger charge is -2.17. The second kappa shape index (κ2) is 9.67. The number of ether oxygens (including phenoxy) is 2. The predicted molar refractivity (Wildman–Crippen MR) is 125 cm³/mol. The lowest BCUT2D eigenvalue weighted by atomic mass is 10.0. The van der Waals surface area contributed by atoms with Crippen molar-refractivity contribution in [2.75, 3.05) is 13.2 Å². The smallest absolute Gasteiger partial charge is 0.270 e. The number of nitrogens with one attached hydrogen (secondary N) is 1. The Bertz CT molecular complexity index is 1040. The predicted octanol–water partition coefficient (Wildman–Crippen LogP) is 4.76. The Kier molecular flexibility index (Phi) is 6.72. The van der Waals surface area contributed by atoms with Crippen LogP contribution in [0.15, 0.2) is 61.1 Å². The van der Waals surface area contributed by atoms with Gasteiger partial charge in [0.25, 0.3) is 5.91 Å². The van der Waals surface area contributed by atoms with Gasteiger partial charge in [0.05, 0.1) is 19.1 Å².